The summed E-state index contributed by atoms with van der Waals surface area (Å²) in [6, 6.07) is 6.56. The van der Waals surface area contributed by atoms with Gasteiger partial charge in [0.1, 0.15) is 0 Å². The fourth-order valence-electron chi connectivity index (χ4n) is 2.06. The van der Waals surface area contributed by atoms with E-state index < -0.39 is 7.25 Å². The van der Waals surface area contributed by atoms with E-state index in [1.54, 1.807) is 0 Å². The SMILES string of the molecule is C1=CCCC=CCC1.Cc1cc(C)cc(C)c1.F[B-](F)(F)F.[Rh]. The van der Waals surface area contributed by atoms with Crippen molar-refractivity contribution in [3.8, 4) is 0 Å². The van der Waals surface area contributed by atoms with E-state index in [0.29, 0.717) is 0 Å². The number of halogens is 4. The van der Waals surface area contributed by atoms with Crippen LogP contribution < -0.4 is 0 Å². The molecule has 1 aliphatic carbocycles. The average Bonchev–Trinajstić information content (AvgIpc) is 2.23. The molecule has 0 unspecified atom stereocenters. The zero-order valence-electron chi connectivity index (χ0n) is 13.8. The number of rotatable bonds is 0. The van der Waals surface area contributed by atoms with Gasteiger partial charge in [-0.1, -0.05) is 59.2 Å². The molecule has 0 heterocycles. The van der Waals surface area contributed by atoms with Gasteiger partial charge in [-0.2, -0.15) is 0 Å². The Labute approximate surface area is 149 Å². The first-order valence-electron chi connectivity index (χ1n) is 7.40. The third kappa shape index (κ3) is 21.1. The van der Waals surface area contributed by atoms with Gasteiger partial charge in [0.2, 0.25) is 0 Å². The van der Waals surface area contributed by atoms with Crippen LogP contribution in [0.5, 0.6) is 0 Å². The third-order valence-corrected chi connectivity index (χ3v) is 2.70. The molecule has 0 fully saturated rings. The predicted molar refractivity (Wildman–Crippen MR) is 87.6 cm³/mol. The van der Waals surface area contributed by atoms with Gasteiger partial charge in [0.15, 0.2) is 0 Å². The minimum absolute atomic E-state index is 0. The maximum Gasteiger partial charge on any atom is 0.673 e. The van der Waals surface area contributed by atoms with Gasteiger partial charge in [-0.25, -0.2) is 0 Å². The first kappa shape index (κ1) is 24.4. The second-order valence-electron chi connectivity index (χ2n) is 5.26. The molecule has 0 amide bonds. The topological polar surface area (TPSA) is 0 Å². The van der Waals surface area contributed by atoms with Crippen molar-refractivity contribution >= 4 is 7.25 Å². The molecule has 0 nitrogen and oxygen atoms in total. The second kappa shape index (κ2) is 13.5. The molecule has 0 saturated heterocycles. The fourth-order valence-corrected chi connectivity index (χ4v) is 2.06. The van der Waals surface area contributed by atoms with Crippen LogP contribution in [0.15, 0.2) is 42.5 Å². The largest absolute Gasteiger partial charge is 0.673 e. The Morgan fingerprint density at radius 3 is 0.957 bits per heavy atom. The van der Waals surface area contributed by atoms with Crippen LogP contribution >= 0.6 is 0 Å². The van der Waals surface area contributed by atoms with Gasteiger partial charge < -0.3 is 17.3 Å². The van der Waals surface area contributed by atoms with E-state index in [4.69, 9.17) is 0 Å². The van der Waals surface area contributed by atoms with E-state index in [0.717, 1.165) is 0 Å². The zero-order chi connectivity index (χ0) is 17.0. The Bertz CT molecular complexity index is 399. The summed E-state index contributed by atoms with van der Waals surface area (Å²) in [5.74, 6) is 0. The molecule has 1 aliphatic rings. The van der Waals surface area contributed by atoms with Crippen LogP contribution in [0.2, 0.25) is 0 Å². The molecule has 0 aromatic heterocycles. The monoisotopic (exact) mass is 418 g/mol. The first-order valence-corrected chi connectivity index (χ1v) is 7.40. The number of benzene rings is 1. The van der Waals surface area contributed by atoms with Crippen molar-refractivity contribution in [1.82, 2.24) is 0 Å². The summed E-state index contributed by atoms with van der Waals surface area (Å²) in [4.78, 5) is 0. The molecule has 0 spiro atoms. The van der Waals surface area contributed by atoms with E-state index in [1.807, 2.05) is 0 Å². The normalized spacial score (nSPS) is 13.3. The van der Waals surface area contributed by atoms with Crippen molar-refractivity contribution in [1.29, 1.82) is 0 Å². The summed E-state index contributed by atoms with van der Waals surface area (Å²) in [5, 5.41) is 0. The van der Waals surface area contributed by atoms with E-state index in [1.165, 1.54) is 42.4 Å². The Balaban J connectivity index is 0. The minimum atomic E-state index is -6.00. The predicted octanol–water partition coefficient (Wildman–Crippen LogP) is 6.58. The average molecular weight is 418 g/mol. The van der Waals surface area contributed by atoms with Crippen molar-refractivity contribution in [3.05, 3.63) is 59.2 Å². The smallest absolute Gasteiger partial charge is 0.418 e. The fraction of sp³-hybridized carbons (Fsp3) is 0.412. The first-order chi connectivity index (χ1) is 10.2. The summed E-state index contributed by atoms with van der Waals surface area (Å²) < 4.78 is 39.0. The molecule has 1 aromatic carbocycles. The molecular weight excluding hydrogens is 394 g/mol. The van der Waals surface area contributed by atoms with Gasteiger partial charge in [-0.3, -0.25) is 0 Å². The van der Waals surface area contributed by atoms with E-state index in [2.05, 4.69) is 63.3 Å². The molecule has 0 aliphatic heterocycles. The van der Waals surface area contributed by atoms with Crippen molar-refractivity contribution < 1.29 is 36.7 Å². The van der Waals surface area contributed by atoms with Crippen molar-refractivity contribution in [2.24, 2.45) is 0 Å². The van der Waals surface area contributed by atoms with Crippen molar-refractivity contribution in [2.75, 3.05) is 0 Å². The van der Waals surface area contributed by atoms with Crippen molar-refractivity contribution in [3.63, 3.8) is 0 Å². The Hall–Kier alpha value is -0.892. The van der Waals surface area contributed by atoms with Gasteiger partial charge in [0.25, 0.3) is 0 Å². The Morgan fingerprint density at radius 2 is 0.783 bits per heavy atom. The number of allylic oxidation sites excluding steroid dienone is 4. The summed E-state index contributed by atoms with van der Waals surface area (Å²) in [5.41, 5.74) is 4.06. The molecule has 133 valence electrons. The van der Waals surface area contributed by atoms with Gasteiger partial charge >= 0.3 is 7.25 Å². The van der Waals surface area contributed by atoms with Crippen LogP contribution in [0.1, 0.15) is 42.4 Å². The molecule has 1 aromatic rings. The number of aryl methyl sites for hydroxylation is 3. The van der Waals surface area contributed by atoms with Crippen LogP contribution in [0.25, 0.3) is 0 Å². The summed E-state index contributed by atoms with van der Waals surface area (Å²) in [7, 11) is -6.00. The zero-order valence-corrected chi connectivity index (χ0v) is 15.4. The minimum Gasteiger partial charge on any atom is -0.418 e. The van der Waals surface area contributed by atoms with Gasteiger partial charge in [0, 0.05) is 19.5 Å². The molecule has 0 bridgehead atoms. The number of hydrogen-bond donors (Lipinski definition) is 0. The molecule has 6 heteroatoms. The van der Waals surface area contributed by atoms with Crippen LogP contribution in [0.4, 0.5) is 17.3 Å². The standard InChI is InChI=1S/C9H12.C8H12.BF4.Rh/c1-7-4-8(2)6-9(3)5-7;1-2-4-6-8-7-5-3-1;2-1(3,4)5;/h4-6H,1-3H3;1-2,7-8H,3-6H2;;/q;;-1;. The summed E-state index contributed by atoms with van der Waals surface area (Å²) >= 11 is 0. The number of hydrogen-bond acceptors (Lipinski definition) is 0. The van der Waals surface area contributed by atoms with Crippen LogP contribution in [0, 0.1) is 20.8 Å². The van der Waals surface area contributed by atoms with Gasteiger partial charge in [0.05, 0.1) is 0 Å². The van der Waals surface area contributed by atoms with E-state index >= 15 is 0 Å². The maximum atomic E-state index is 9.75. The maximum absolute atomic E-state index is 9.75. The molecule has 1 radical (unpaired) electrons. The van der Waals surface area contributed by atoms with Crippen LogP contribution in [-0.2, 0) is 19.5 Å². The molecular formula is C17H24BF4Rh-. The second-order valence-corrected chi connectivity index (χ2v) is 5.26. The molecule has 0 atom stereocenters. The van der Waals surface area contributed by atoms with E-state index in [9.17, 15) is 17.3 Å². The van der Waals surface area contributed by atoms with E-state index in [-0.39, 0.29) is 19.5 Å². The van der Waals surface area contributed by atoms with Crippen molar-refractivity contribution in [2.45, 2.75) is 46.5 Å². The quantitative estimate of drug-likeness (QED) is 0.254. The Kier molecular flexibility index (Phi) is 14.3. The van der Waals surface area contributed by atoms with Gasteiger partial charge in [-0.15, -0.1) is 0 Å². The van der Waals surface area contributed by atoms with Crippen LogP contribution in [0.3, 0.4) is 0 Å². The Morgan fingerprint density at radius 1 is 0.609 bits per heavy atom. The molecule has 0 N–H and O–H groups in total. The molecule has 0 saturated carbocycles. The molecule has 23 heavy (non-hydrogen) atoms. The summed E-state index contributed by atoms with van der Waals surface area (Å²) in [6.07, 6.45) is 14.0. The van der Waals surface area contributed by atoms with Crippen LogP contribution in [-0.4, -0.2) is 7.25 Å². The molecule has 2 rings (SSSR count). The summed E-state index contributed by atoms with van der Waals surface area (Å²) in [6.45, 7) is 6.38. The van der Waals surface area contributed by atoms with Gasteiger partial charge in [-0.05, 0) is 46.5 Å². The third-order valence-electron chi connectivity index (χ3n) is 2.70.